The van der Waals surface area contributed by atoms with Gasteiger partial charge in [0.25, 0.3) is 0 Å². The van der Waals surface area contributed by atoms with Crippen LogP contribution < -0.4 is 4.74 Å². The number of ether oxygens (including phenoxy) is 1. The molecule has 2 aromatic rings. The topological polar surface area (TPSA) is 29.5 Å². The van der Waals surface area contributed by atoms with Crippen LogP contribution in [0.25, 0.3) is 0 Å². The fourth-order valence-corrected chi connectivity index (χ4v) is 3.35. The summed E-state index contributed by atoms with van der Waals surface area (Å²) in [6, 6.07) is 11.7. The highest BCUT2D eigenvalue weighted by molar-refractivity contribution is 9.11. The maximum Gasteiger partial charge on any atom is 0.148 e. The van der Waals surface area contributed by atoms with E-state index in [0.29, 0.717) is 6.61 Å². The van der Waals surface area contributed by atoms with Gasteiger partial charge in [0.2, 0.25) is 0 Å². The summed E-state index contributed by atoms with van der Waals surface area (Å²) in [5.41, 5.74) is 1.92. The second kappa shape index (κ2) is 6.88. The standard InChI is InChI=1S/C14H11Br3O2/c15-11-3-1-9(2-4-11)8-19-14-12(16)5-10(7-18)6-13(14)17/h1-6,18H,7-8H2. The Labute approximate surface area is 137 Å². The molecule has 0 aliphatic rings. The summed E-state index contributed by atoms with van der Waals surface area (Å²) in [6.07, 6.45) is 0. The van der Waals surface area contributed by atoms with Crippen molar-refractivity contribution in [3.05, 3.63) is 60.9 Å². The van der Waals surface area contributed by atoms with Crippen LogP contribution in [0.5, 0.6) is 5.75 Å². The maximum atomic E-state index is 9.12. The van der Waals surface area contributed by atoms with Gasteiger partial charge in [0, 0.05) is 4.47 Å². The lowest BCUT2D eigenvalue weighted by Gasteiger charge is -2.12. The smallest absolute Gasteiger partial charge is 0.148 e. The van der Waals surface area contributed by atoms with Crippen LogP contribution in [0.3, 0.4) is 0 Å². The first-order valence-corrected chi connectivity index (χ1v) is 7.94. The molecule has 2 nitrogen and oxygen atoms in total. The maximum absolute atomic E-state index is 9.12. The summed E-state index contributed by atoms with van der Waals surface area (Å²) in [5, 5.41) is 9.12. The Hall–Kier alpha value is -0.360. The van der Waals surface area contributed by atoms with Crippen LogP contribution in [0.15, 0.2) is 49.8 Å². The van der Waals surface area contributed by atoms with E-state index in [1.807, 2.05) is 36.4 Å². The lowest BCUT2D eigenvalue weighted by molar-refractivity contribution is 0.280. The van der Waals surface area contributed by atoms with Crippen molar-refractivity contribution < 1.29 is 9.84 Å². The second-order valence-corrected chi connectivity index (χ2v) is 6.59. The van der Waals surface area contributed by atoms with Crippen molar-refractivity contribution in [3.8, 4) is 5.75 Å². The summed E-state index contributed by atoms with van der Waals surface area (Å²) in [4.78, 5) is 0. The van der Waals surface area contributed by atoms with Crippen LogP contribution in [0.2, 0.25) is 0 Å². The van der Waals surface area contributed by atoms with E-state index in [4.69, 9.17) is 9.84 Å². The average Bonchev–Trinajstić information content (AvgIpc) is 2.39. The summed E-state index contributed by atoms with van der Waals surface area (Å²) >= 11 is 10.3. The molecule has 1 N–H and O–H groups in total. The third-order valence-corrected chi connectivity index (χ3v) is 4.24. The van der Waals surface area contributed by atoms with Gasteiger partial charge in [-0.05, 0) is 67.3 Å². The second-order valence-electron chi connectivity index (χ2n) is 3.96. The predicted octanol–water partition coefficient (Wildman–Crippen LogP) is 5.05. The van der Waals surface area contributed by atoms with Crippen LogP contribution >= 0.6 is 47.8 Å². The number of benzene rings is 2. The Kier molecular flexibility index (Phi) is 5.45. The predicted molar refractivity (Wildman–Crippen MR) is 86.2 cm³/mol. The normalized spacial score (nSPS) is 10.5. The molecule has 0 aliphatic carbocycles. The van der Waals surface area contributed by atoms with E-state index in [0.717, 1.165) is 30.3 Å². The molecule has 0 heterocycles. The Bertz CT molecular complexity index is 544. The van der Waals surface area contributed by atoms with E-state index < -0.39 is 0 Å². The number of hydrogen-bond acceptors (Lipinski definition) is 2. The van der Waals surface area contributed by atoms with E-state index in [1.54, 1.807) is 0 Å². The van der Waals surface area contributed by atoms with Crippen molar-refractivity contribution in [2.24, 2.45) is 0 Å². The average molecular weight is 451 g/mol. The number of aliphatic hydroxyl groups is 1. The minimum atomic E-state index is 0.00416. The number of aliphatic hydroxyl groups excluding tert-OH is 1. The molecule has 2 rings (SSSR count). The van der Waals surface area contributed by atoms with Crippen molar-refractivity contribution in [1.82, 2.24) is 0 Å². The monoisotopic (exact) mass is 448 g/mol. The SMILES string of the molecule is OCc1cc(Br)c(OCc2ccc(Br)cc2)c(Br)c1. The van der Waals surface area contributed by atoms with Gasteiger partial charge in [-0.2, -0.15) is 0 Å². The van der Waals surface area contributed by atoms with Gasteiger partial charge in [-0.15, -0.1) is 0 Å². The highest BCUT2D eigenvalue weighted by Crippen LogP contribution is 2.35. The highest BCUT2D eigenvalue weighted by atomic mass is 79.9. The fraction of sp³-hybridized carbons (Fsp3) is 0.143. The largest absolute Gasteiger partial charge is 0.487 e. The zero-order valence-corrected chi connectivity index (χ0v) is 14.6. The molecule has 0 aliphatic heterocycles. The highest BCUT2D eigenvalue weighted by Gasteiger charge is 2.09. The Morgan fingerprint density at radius 3 is 2.00 bits per heavy atom. The quantitative estimate of drug-likeness (QED) is 0.706. The Morgan fingerprint density at radius 1 is 0.895 bits per heavy atom. The van der Waals surface area contributed by atoms with E-state index in [9.17, 15) is 0 Å². The summed E-state index contributed by atoms with van der Waals surface area (Å²) in [7, 11) is 0. The van der Waals surface area contributed by atoms with Gasteiger partial charge in [0.15, 0.2) is 0 Å². The molecule has 100 valence electrons. The van der Waals surface area contributed by atoms with Crippen molar-refractivity contribution in [3.63, 3.8) is 0 Å². The minimum absolute atomic E-state index is 0.00416. The molecule has 0 atom stereocenters. The van der Waals surface area contributed by atoms with Gasteiger partial charge in [-0.25, -0.2) is 0 Å². The van der Waals surface area contributed by atoms with Crippen LogP contribution in [0.4, 0.5) is 0 Å². The molecular formula is C14H11Br3O2. The fourth-order valence-electron chi connectivity index (χ4n) is 1.58. The van der Waals surface area contributed by atoms with Crippen LogP contribution in [-0.4, -0.2) is 5.11 Å². The third-order valence-electron chi connectivity index (χ3n) is 2.54. The number of hydrogen-bond donors (Lipinski definition) is 1. The molecule has 0 unspecified atom stereocenters. The van der Waals surface area contributed by atoms with Gasteiger partial charge in [0.05, 0.1) is 15.6 Å². The molecule has 0 radical (unpaired) electrons. The van der Waals surface area contributed by atoms with Crippen molar-refractivity contribution in [2.45, 2.75) is 13.2 Å². The summed E-state index contributed by atoms with van der Waals surface area (Å²) in [6.45, 7) is 0.493. The molecule has 0 spiro atoms. The number of halogens is 3. The van der Waals surface area contributed by atoms with E-state index in [-0.39, 0.29) is 6.61 Å². The van der Waals surface area contributed by atoms with Gasteiger partial charge < -0.3 is 9.84 Å². The van der Waals surface area contributed by atoms with Crippen LogP contribution in [0.1, 0.15) is 11.1 Å². The van der Waals surface area contributed by atoms with Crippen LogP contribution in [-0.2, 0) is 13.2 Å². The van der Waals surface area contributed by atoms with Crippen molar-refractivity contribution in [2.75, 3.05) is 0 Å². The Morgan fingerprint density at radius 2 is 1.47 bits per heavy atom. The zero-order valence-electron chi connectivity index (χ0n) is 9.87. The molecule has 0 fully saturated rings. The summed E-state index contributed by atoms with van der Waals surface area (Å²) < 4.78 is 8.49. The van der Waals surface area contributed by atoms with Gasteiger partial charge in [0.1, 0.15) is 12.4 Å². The van der Waals surface area contributed by atoms with Crippen molar-refractivity contribution >= 4 is 47.8 Å². The molecule has 5 heteroatoms. The first kappa shape index (κ1) is 15.0. The summed E-state index contributed by atoms with van der Waals surface area (Å²) in [5.74, 6) is 0.736. The van der Waals surface area contributed by atoms with Crippen LogP contribution in [0, 0.1) is 0 Å². The van der Waals surface area contributed by atoms with E-state index >= 15 is 0 Å². The van der Waals surface area contributed by atoms with Crippen molar-refractivity contribution in [1.29, 1.82) is 0 Å². The van der Waals surface area contributed by atoms with E-state index in [1.165, 1.54) is 0 Å². The first-order chi connectivity index (χ1) is 9.10. The Balaban J connectivity index is 2.13. The first-order valence-electron chi connectivity index (χ1n) is 5.56. The lowest BCUT2D eigenvalue weighted by atomic mass is 10.2. The molecule has 2 aromatic carbocycles. The molecule has 19 heavy (non-hydrogen) atoms. The lowest BCUT2D eigenvalue weighted by Crippen LogP contribution is -1.97. The molecule has 0 saturated carbocycles. The van der Waals surface area contributed by atoms with Gasteiger partial charge in [-0.1, -0.05) is 28.1 Å². The molecule has 0 bridgehead atoms. The molecule has 0 amide bonds. The third kappa shape index (κ3) is 4.05. The molecule has 0 saturated heterocycles. The molecular weight excluding hydrogens is 440 g/mol. The zero-order chi connectivity index (χ0) is 13.8. The molecule has 0 aromatic heterocycles. The van der Waals surface area contributed by atoms with Gasteiger partial charge in [-0.3, -0.25) is 0 Å². The van der Waals surface area contributed by atoms with E-state index in [2.05, 4.69) is 47.8 Å². The minimum Gasteiger partial charge on any atom is -0.487 e. The number of rotatable bonds is 4. The van der Waals surface area contributed by atoms with Gasteiger partial charge >= 0.3 is 0 Å².